The molecule has 110 valence electrons. The van der Waals surface area contributed by atoms with Crippen molar-refractivity contribution in [3.8, 4) is 0 Å². The van der Waals surface area contributed by atoms with E-state index in [4.69, 9.17) is 0 Å². The molecule has 2 amide bonds. The summed E-state index contributed by atoms with van der Waals surface area (Å²) < 4.78 is 1.61. The van der Waals surface area contributed by atoms with Crippen molar-refractivity contribution in [2.24, 2.45) is 4.99 Å². The number of amides is 2. The van der Waals surface area contributed by atoms with Crippen LogP contribution in [-0.2, 0) is 6.54 Å². The molecule has 1 heterocycles. The maximum atomic E-state index is 11.9. The van der Waals surface area contributed by atoms with E-state index >= 15 is 0 Å². The van der Waals surface area contributed by atoms with Crippen molar-refractivity contribution in [2.45, 2.75) is 51.6 Å². The second kappa shape index (κ2) is 6.65. The normalized spacial score (nSPS) is 17.1. The van der Waals surface area contributed by atoms with E-state index in [1.54, 1.807) is 4.57 Å². The van der Waals surface area contributed by atoms with E-state index in [0.29, 0.717) is 11.3 Å². The quantitative estimate of drug-likeness (QED) is 0.686. The van der Waals surface area contributed by atoms with Gasteiger partial charge >= 0.3 is 11.0 Å². The summed E-state index contributed by atoms with van der Waals surface area (Å²) in [6, 6.07) is -0.221. The van der Waals surface area contributed by atoms with Crippen LogP contribution in [0.5, 0.6) is 0 Å². The van der Waals surface area contributed by atoms with Gasteiger partial charge in [0.1, 0.15) is 0 Å². The fraction of sp³-hybridized carbons (Fsp3) is 0.667. The monoisotopic (exact) mass is 298 g/mol. The van der Waals surface area contributed by atoms with Crippen molar-refractivity contribution < 1.29 is 9.72 Å². The van der Waals surface area contributed by atoms with Gasteiger partial charge in [-0.1, -0.05) is 19.3 Å². The minimum atomic E-state index is -0.463. The lowest BCUT2D eigenvalue weighted by Crippen LogP contribution is -2.35. The molecule has 8 heteroatoms. The zero-order valence-corrected chi connectivity index (χ0v) is 12.2. The number of aryl methyl sites for hydroxylation is 1. The van der Waals surface area contributed by atoms with Gasteiger partial charge < -0.3 is 9.88 Å². The molecule has 20 heavy (non-hydrogen) atoms. The van der Waals surface area contributed by atoms with Crippen molar-refractivity contribution in [3.63, 3.8) is 0 Å². The number of rotatable bonds is 3. The van der Waals surface area contributed by atoms with E-state index in [0.717, 1.165) is 37.0 Å². The summed E-state index contributed by atoms with van der Waals surface area (Å²) in [5, 5.41) is 13.6. The number of urea groups is 1. The number of aromatic nitrogens is 1. The van der Waals surface area contributed by atoms with Gasteiger partial charge in [0, 0.05) is 12.6 Å². The first kappa shape index (κ1) is 14.7. The molecule has 1 aromatic heterocycles. The van der Waals surface area contributed by atoms with Gasteiger partial charge in [0.25, 0.3) is 0 Å². The molecule has 0 spiro atoms. The maximum Gasteiger partial charge on any atom is 0.343 e. The Bertz CT molecular complexity index is 557. The van der Waals surface area contributed by atoms with Crippen LogP contribution in [0.2, 0.25) is 0 Å². The lowest BCUT2D eigenvalue weighted by Gasteiger charge is -2.21. The molecule has 0 aliphatic heterocycles. The van der Waals surface area contributed by atoms with Crippen molar-refractivity contribution in [1.29, 1.82) is 0 Å². The standard InChI is InChI=1S/C12H18N4O3S/c1-2-15-8-10(16(18)19)20-12(15)14-11(17)13-9-6-4-3-5-7-9/h8-9H,2-7H2,1H3,(H,13,17). The Labute approximate surface area is 120 Å². The van der Waals surface area contributed by atoms with Gasteiger partial charge in [-0.05, 0) is 31.1 Å². The Kier molecular flexibility index (Phi) is 4.89. The summed E-state index contributed by atoms with van der Waals surface area (Å²) in [6.07, 6.45) is 6.86. The van der Waals surface area contributed by atoms with Crippen molar-refractivity contribution in [2.75, 3.05) is 0 Å². The van der Waals surface area contributed by atoms with Crippen LogP contribution in [-0.4, -0.2) is 21.6 Å². The molecule has 1 saturated carbocycles. The number of hydrogen-bond donors (Lipinski definition) is 1. The van der Waals surface area contributed by atoms with Crippen molar-refractivity contribution in [1.82, 2.24) is 9.88 Å². The third kappa shape index (κ3) is 3.66. The number of nitro groups is 1. The SMILES string of the molecule is CCn1cc([N+](=O)[O-])sc1=NC(=O)NC1CCCCC1. The molecule has 0 aromatic carbocycles. The first-order valence-electron chi connectivity index (χ1n) is 6.80. The predicted octanol–water partition coefficient (Wildman–Crippen LogP) is 2.42. The van der Waals surface area contributed by atoms with Gasteiger partial charge in [0.15, 0.2) is 0 Å². The first-order chi connectivity index (χ1) is 9.60. The summed E-state index contributed by atoms with van der Waals surface area (Å²) in [7, 11) is 0. The second-order valence-electron chi connectivity index (χ2n) is 4.79. The Hall–Kier alpha value is -1.70. The fourth-order valence-electron chi connectivity index (χ4n) is 2.31. The molecule has 0 saturated heterocycles. The number of nitrogens with zero attached hydrogens (tertiary/aromatic N) is 3. The van der Waals surface area contributed by atoms with E-state index in [2.05, 4.69) is 10.3 Å². The smallest absolute Gasteiger partial charge is 0.333 e. The largest absolute Gasteiger partial charge is 0.343 e. The minimum Gasteiger partial charge on any atom is -0.333 e. The Morgan fingerprint density at radius 2 is 2.25 bits per heavy atom. The van der Waals surface area contributed by atoms with Crippen LogP contribution in [0, 0.1) is 10.1 Å². The van der Waals surface area contributed by atoms with Gasteiger partial charge in [-0.15, -0.1) is 0 Å². The topological polar surface area (TPSA) is 89.5 Å². The number of hydrogen-bond acceptors (Lipinski definition) is 4. The molecule has 0 bridgehead atoms. The predicted molar refractivity (Wildman–Crippen MR) is 75.6 cm³/mol. The molecular formula is C12H18N4O3S. The van der Waals surface area contributed by atoms with E-state index in [1.165, 1.54) is 12.6 Å². The highest BCUT2D eigenvalue weighted by Gasteiger charge is 2.16. The average Bonchev–Trinajstić information content (AvgIpc) is 2.83. The lowest BCUT2D eigenvalue weighted by atomic mass is 9.96. The highest BCUT2D eigenvalue weighted by molar-refractivity contribution is 7.12. The van der Waals surface area contributed by atoms with Gasteiger partial charge in [0.05, 0.1) is 11.1 Å². The van der Waals surface area contributed by atoms with Crippen molar-refractivity contribution in [3.05, 3.63) is 21.1 Å². The maximum absolute atomic E-state index is 11.9. The summed E-state index contributed by atoms with van der Waals surface area (Å²) in [5.41, 5.74) is 0. The summed E-state index contributed by atoms with van der Waals surface area (Å²) >= 11 is 0.919. The summed E-state index contributed by atoms with van der Waals surface area (Å²) in [4.78, 5) is 26.5. The number of nitrogens with one attached hydrogen (secondary N) is 1. The van der Waals surface area contributed by atoms with Crippen LogP contribution in [0.4, 0.5) is 9.80 Å². The number of carbonyl (C=O) groups excluding carboxylic acids is 1. The van der Waals surface area contributed by atoms with Gasteiger partial charge in [0.2, 0.25) is 4.80 Å². The Balaban J connectivity index is 2.12. The Morgan fingerprint density at radius 3 is 2.85 bits per heavy atom. The summed E-state index contributed by atoms with van der Waals surface area (Å²) in [6.45, 7) is 2.40. The zero-order chi connectivity index (χ0) is 14.5. The van der Waals surface area contributed by atoms with E-state index in [9.17, 15) is 14.9 Å². The molecule has 0 radical (unpaired) electrons. The second-order valence-corrected chi connectivity index (χ2v) is 5.78. The van der Waals surface area contributed by atoms with Gasteiger partial charge in [-0.2, -0.15) is 4.99 Å². The zero-order valence-electron chi connectivity index (χ0n) is 11.4. The van der Waals surface area contributed by atoms with Gasteiger partial charge in [-0.25, -0.2) is 4.79 Å². The van der Waals surface area contributed by atoms with Crippen LogP contribution in [0.1, 0.15) is 39.0 Å². The van der Waals surface area contributed by atoms with Crippen LogP contribution >= 0.6 is 11.3 Å². The van der Waals surface area contributed by atoms with E-state index in [-0.39, 0.29) is 11.0 Å². The lowest BCUT2D eigenvalue weighted by molar-refractivity contribution is -0.380. The molecule has 0 unspecified atom stereocenters. The molecule has 2 rings (SSSR count). The summed E-state index contributed by atoms with van der Waals surface area (Å²) in [5.74, 6) is 0. The first-order valence-corrected chi connectivity index (χ1v) is 7.61. The molecule has 1 N–H and O–H groups in total. The molecule has 1 aliphatic carbocycles. The molecule has 1 fully saturated rings. The highest BCUT2D eigenvalue weighted by Crippen LogP contribution is 2.17. The molecule has 0 atom stereocenters. The fourth-order valence-corrected chi connectivity index (χ4v) is 3.17. The van der Waals surface area contributed by atoms with Gasteiger partial charge in [-0.3, -0.25) is 10.1 Å². The van der Waals surface area contributed by atoms with Crippen LogP contribution < -0.4 is 10.1 Å². The Morgan fingerprint density at radius 1 is 1.55 bits per heavy atom. The molecule has 1 aromatic rings. The van der Waals surface area contributed by atoms with E-state index in [1.807, 2.05) is 6.92 Å². The van der Waals surface area contributed by atoms with Crippen molar-refractivity contribution >= 4 is 22.4 Å². The van der Waals surface area contributed by atoms with Crippen LogP contribution in [0.25, 0.3) is 0 Å². The van der Waals surface area contributed by atoms with Crippen LogP contribution in [0.3, 0.4) is 0 Å². The highest BCUT2D eigenvalue weighted by atomic mass is 32.1. The molecule has 7 nitrogen and oxygen atoms in total. The third-order valence-corrected chi connectivity index (χ3v) is 4.33. The average molecular weight is 298 g/mol. The van der Waals surface area contributed by atoms with Crippen LogP contribution in [0.15, 0.2) is 11.2 Å². The number of thiazole rings is 1. The third-order valence-electron chi connectivity index (χ3n) is 3.36. The minimum absolute atomic E-state index is 0.00364. The molecule has 1 aliphatic rings. The number of carbonyl (C=O) groups is 1. The molecular weight excluding hydrogens is 280 g/mol. The van der Waals surface area contributed by atoms with E-state index < -0.39 is 11.0 Å².